The summed E-state index contributed by atoms with van der Waals surface area (Å²) >= 11 is 0. The summed E-state index contributed by atoms with van der Waals surface area (Å²) in [4.78, 5) is 2.49. The number of nitrogens with zero attached hydrogens (tertiary/aromatic N) is 2. The molecule has 2 nitrogen and oxygen atoms in total. The first-order valence-corrected chi connectivity index (χ1v) is 20.6. The summed E-state index contributed by atoms with van der Waals surface area (Å²) in [6.07, 6.45) is 0. The predicted octanol–water partition coefficient (Wildman–Crippen LogP) is 16.1. The molecule has 0 aliphatic carbocycles. The summed E-state index contributed by atoms with van der Waals surface area (Å²) in [5, 5.41) is 4.87. The first kappa shape index (κ1) is 35.2. The molecule has 10 aromatic carbocycles. The van der Waals surface area contributed by atoms with E-state index in [4.69, 9.17) is 0 Å². The molecule has 0 aliphatic rings. The van der Waals surface area contributed by atoms with E-state index in [0.29, 0.717) is 0 Å². The van der Waals surface area contributed by atoms with Crippen LogP contribution in [0.5, 0.6) is 0 Å². The minimum atomic E-state index is 1.08. The standard InChI is InChI=1S/C58H40N2/c1-4-17-41(18-5-1)43-31-34-45(35-32-43)51-25-12-14-27-54(51)60(57-30-16-29-56-58(57)52-26-13-15-28-55(52)59(56)48-23-8-3-9-24-48)49-37-38-50(53(40-49)44-20-6-2-7-21-44)47-36-33-42-19-10-11-22-46(42)39-47/h1-40H. The Morgan fingerprint density at radius 3 is 1.67 bits per heavy atom. The summed E-state index contributed by atoms with van der Waals surface area (Å²) in [5.41, 5.74) is 16.2. The van der Waals surface area contributed by atoms with Crippen molar-refractivity contribution in [2.45, 2.75) is 0 Å². The Kier molecular flexibility index (Phi) is 8.87. The molecule has 2 heteroatoms. The van der Waals surface area contributed by atoms with Gasteiger partial charge in [-0.2, -0.15) is 0 Å². The fraction of sp³-hybridized carbons (Fsp3) is 0. The third-order valence-electron chi connectivity index (χ3n) is 11.8. The van der Waals surface area contributed by atoms with Crippen molar-refractivity contribution in [3.8, 4) is 50.2 Å². The first-order chi connectivity index (χ1) is 29.8. The van der Waals surface area contributed by atoms with Crippen LogP contribution in [0.2, 0.25) is 0 Å². The van der Waals surface area contributed by atoms with Crippen molar-refractivity contribution >= 4 is 49.6 Å². The molecular weight excluding hydrogens is 725 g/mol. The van der Waals surface area contributed by atoms with Crippen molar-refractivity contribution in [1.82, 2.24) is 4.57 Å². The second-order valence-electron chi connectivity index (χ2n) is 15.3. The zero-order valence-electron chi connectivity index (χ0n) is 33.0. The van der Waals surface area contributed by atoms with E-state index in [1.807, 2.05) is 0 Å². The van der Waals surface area contributed by atoms with Crippen LogP contribution in [0.1, 0.15) is 0 Å². The highest BCUT2D eigenvalue weighted by molar-refractivity contribution is 6.17. The fourth-order valence-electron chi connectivity index (χ4n) is 8.97. The number of aromatic nitrogens is 1. The van der Waals surface area contributed by atoms with E-state index in [1.54, 1.807) is 0 Å². The highest BCUT2D eigenvalue weighted by Gasteiger charge is 2.24. The van der Waals surface area contributed by atoms with Gasteiger partial charge >= 0.3 is 0 Å². The number of fused-ring (bicyclic) bond motifs is 4. The van der Waals surface area contributed by atoms with Crippen molar-refractivity contribution in [3.63, 3.8) is 0 Å². The lowest BCUT2D eigenvalue weighted by molar-refractivity contribution is 1.18. The van der Waals surface area contributed by atoms with E-state index in [-0.39, 0.29) is 0 Å². The molecular formula is C58H40N2. The summed E-state index contributed by atoms with van der Waals surface area (Å²) < 4.78 is 2.40. The molecule has 1 heterocycles. The molecule has 0 spiro atoms. The van der Waals surface area contributed by atoms with E-state index in [9.17, 15) is 0 Å². The molecule has 0 saturated heterocycles. The molecule has 0 unspecified atom stereocenters. The quantitative estimate of drug-likeness (QED) is 0.150. The van der Waals surface area contributed by atoms with Crippen molar-refractivity contribution < 1.29 is 0 Å². The maximum Gasteiger partial charge on any atom is 0.0562 e. The second kappa shape index (κ2) is 15.1. The Morgan fingerprint density at radius 2 is 0.867 bits per heavy atom. The lowest BCUT2D eigenvalue weighted by Crippen LogP contribution is -2.12. The molecule has 0 fully saturated rings. The molecule has 1 aromatic heterocycles. The first-order valence-electron chi connectivity index (χ1n) is 20.6. The number of rotatable bonds is 8. The highest BCUT2D eigenvalue weighted by Crippen LogP contribution is 2.48. The van der Waals surface area contributed by atoms with Crippen LogP contribution in [-0.4, -0.2) is 4.57 Å². The van der Waals surface area contributed by atoms with Gasteiger partial charge in [0, 0.05) is 27.7 Å². The van der Waals surface area contributed by atoms with Crippen LogP contribution in [0.15, 0.2) is 243 Å². The SMILES string of the molecule is c1ccc(-c2ccc(-c3ccccc3N(c3ccc(-c4ccc5ccccc5c4)c(-c4ccccc4)c3)c3cccc4c3c3ccccc3n4-c3ccccc3)cc2)cc1. The monoisotopic (exact) mass is 764 g/mol. The summed E-state index contributed by atoms with van der Waals surface area (Å²) in [5.74, 6) is 0. The Labute approximate surface area is 350 Å². The summed E-state index contributed by atoms with van der Waals surface area (Å²) in [6.45, 7) is 0. The number of para-hydroxylation sites is 3. The normalized spacial score (nSPS) is 11.3. The van der Waals surface area contributed by atoms with E-state index in [2.05, 4.69) is 252 Å². The molecule has 0 saturated carbocycles. The minimum Gasteiger partial charge on any atom is -0.309 e. The van der Waals surface area contributed by atoms with E-state index in [1.165, 1.54) is 60.4 Å². The van der Waals surface area contributed by atoms with Crippen molar-refractivity contribution in [2.75, 3.05) is 4.90 Å². The fourth-order valence-corrected chi connectivity index (χ4v) is 8.97. The van der Waals surface area contributed by atoms with Crippen LogP contribution >= 0.6 is 0 Å². The van der Waals surface area contributed by atoms with Gasteiger partial charge in [0.05, 0.1) is 22.4 Å². The van der Waals surface area contributed by atoms with Gasteiger partial charge in [-0.1, -0.05) is 188 Å². The molecule has 0 radical (unpaired) electrons. The van der Waals surface area contributed by atoms with Gasteiger partial charge in [0.25, 0.3) is 0 Å². The van der Waals surface area contributed by atoms with Gasteiger partial charge in [-0.05, 0) is 104 Å². The zero-order chi connectivity index (χ0) is 39.8. The summed E-state index contributed by atoms with van der Waals surface area (Å²) in [6, 6.07) is 88.0. The lowest BCUT2D eigenvalue weighted by atomic mass is 9.92. The van der Waals surface area contributed by atoms with Crippen LogP contribution < -0.4 is 4.90 Å². The third kappa shape index (κ3) is 6.23. The predicted molar refractivity (Wildman–Crippen MR) is 255 cm³/mol. The van der Waals surface area contributed by atoms with Gasteiger partial charge in [-0.15, -0.1) is 0 Å². The maximum atomic E-state index is 2.49. The average Bonchev–Trinajstić information content (AvgIpc) is 3.67. The van der Waals surface area contributed by atoms with Crippen molar-refractivity contribution in [2.24, 2.45) is 0 Å². The molecule has 11 rings (SSSR count). The third-order valence-corrected chi connectivity index (χ3v) is 11.8. The molecule has 0 atom stereocenters. The molecule has 11 aromatic rings. The van der Waals surface area contributed by atoms with Gasteiger partial charge in [0.15, 0.2) is 0 Å². The number of benzene rings is 10. The van der Waals surface area contributed by atoms with Crippen molar-refractivity contribution in [1.29, 1.82) is 0 Å². The van der Waals surface area contributed by atoms with Gasteiger partial charge in [-0.3, -0.25) is 0 Å². The number of anilines is 3. The summed E-state index contributed by atoms with van der Waals surface area (Å²) in [7, 11) is 0. The van der Waals surface area contributed by atoms with E-state index < -0.39 is 0 Å². The van der Waals surface area contributed by atoms with Gasteiger partial charge < -0.3 is 9.47 Å². The van der Waals surface area contributed by atoms with Gasteiger partial charge in [-0.25, -0.2) is 0 Å². The van der Waals surface area contributed by atoms with Crippen molar-refractivity contribution in [3.05, 3.63) is 243 Å². The maximum absolute atomic E-state index is 2.49. The van der Waals surface area contributed by atoms with Crippen LogP contribution in [0.25, 0.3) is 82.8 Å². The molecule has 0 bridgehead atoms. The van der Waals surface area contributed by atoms with Crippen LogP contribution in [0.4, 0.5) is 17.1 Å². The Morgan fingerprint density at radius 1 is 0.300 bits per heavy atom. The second-order valence-corrected chi connectivity index (χ2v) is 15.3. The van der Waals surface area contributed by atoms with E-state index >= 15 is 0 Å². The molecule has 60 heavy (non-hydrogen) atoms. The lowest BCUT2D eigenvalue weighted by Gasteiger charge is -2.30. The molecule has 0 N–H and O–H groups in total. The van der Waals surface area contributed by atoms with Gasteiger partial charge in [0.1, 0.15) is 0 Å². The largest absolute Gasteiger partial charge is 0.309 e. The minimum absolute atomic E-state index is 1.08. The Balaban J connectivity index is 1.18. The molecule has 0 aliphatic heterocycles. The Bertz CT molecular complexity index is 3290. The molecule has 0 amide bonds. The number of hydrogen-bond acceptors (Lipinski definition) is 1. The van der Waals surface area contributed by atoms with Crippen LogP contribution in [0, 0.1) is 0 Å². The Hall–Kier alpha value is -7.94. The van der Waals surface area contributed by atoms with Crippen LogP contribution in [0.3, 0.4) is 0 Å². The average molecular weight is 765 g/mol. The molecule has 282 valence electrons. The van der Waals surface area contributed by atoms with Crippen LogP contribution in [-0.2, 0) is 0 Å². The zero-order valence-corrected chi connectivity index (χ0v) is 33.0. The topological polar surface area (TPSA) is 8.17 Å². The number of hydrogen-bond donors (Lipinski definition) is 0. The van der Waals surface area contributed by atoms with Gasteiger partial charge in [0.2, 0.25) is 0 Å². The highest BCUT2D eigenvalue weighted by atomic mass is 15.2. The smallest absolute Gasteiger partial charge is 0.0562 e. The van der Waals surface area contributed by atoms with E-state index in [0.717, 1.165) is 39.4 Å².